The van der Waals surface area contributed by atoms with Crippen LogP contribution in [-0.2, 0) is 17.8 Å². The Hall–Kier alpha value is -2.10. The van der Waals surface area contributed by atoms with Gasteiger partial charge in [-0.2, -0.15) is 0 Å². The van der Waals surface area contributed by atoms with Gasteiger partial charge in [0.15, 0.2) is 0 Å². The Balaban J connectivity index is 1.84. The summed E-state index contributed by atoms with van der Waals surface area (Å²) in [5.74, 6) is 0. The first-order valence-electron chi connectivity index (χ1n) is 7.49. The van der Waals surface area contributed by atoms with Crippen LogP contribution >= 0.6 is 0 Å². The molecule has 0 saturated carbocycles. The summed E-state index contributed by atoms with van der Waals surface area (Å²) in [6.07, 6.45) is 9.89. The van der Waals surface area contributed by atoms with Gasteiger partial charge < -0.3 is 9.47 Å². The van der Waals surface area contributed by atoms with Gasteiger partial charge in [-0.1, -0.05) is 30.3 Å². The molecule has 0 aliphatic carbocycles. The predicted molar refractivity (Wildman–Crippen MR) is 81.7 cm³/mol. The molecule has 4 nitrogen and oxygen atoms in total. The van der Waals surface area contributed by atoms with Crippen molar-refractivity contribution in [1.82, 2.24) is 14.5 Å². The third-order valence-corrected chi connectivity index (χ3v) is 4.34. The molecule has 1 aliphatic rings. The number of rotatable bonds is 5. The van der Waals surface area contributed by atoms with E-state index in [9.17, 15) is 4.79 Å². The molecule has 1 aromatic carbocycles. The van der Waals surface area contributed by atoms with Crippen LogP contribution in [0, 0.1) is 5.41 Å². The van der Waals surface area contributed by atoms with E-state index in [4.69, 9.17) is 0 Å². The molecule has 4 heteroatoms. The highest BCUT2D eigenvalue weighted by Crippen LogP contribution is 2.35. The lowest BCUT2D eigenvalue weighted by atomic mass is 9.75. The second-order valence-electron chi connectivity index (χ2n) is 6.08. The Bertz CT molecular complexity index is 567. The van der Waals surface area contributed by atoms with Crippen molar-refractivity contribution in [1.29, 1.82) is 0 Å². The van der Waals surface area contributed by atoms with Gasteiger partial charge in [0.25, 0.3) is 0 Å². The number of amides is 1. The van der Waals surface area contributed by atoms with Crippen LogP contribution in [0.25, 0.3) is 0 Å². The molecule has 2 aromatic rings. The summed E-state index contributed by atoms with van der Waals surface area (Å²) in [5.41, 5.74) is 1.44. The van der Waals surface area contributed by atoms with E-state index in [1.807, 2.05) is 29.7 Å². The molecule has 3 rings (SSSR count). The molecular weight excluding hydrogens is 262 g/mol. The van der Waals surface area contributed by atoms with Crippen LogP contribution in [0.15, 0.2) is 49.1 Å². The fraction of sp³-hybridized carbons (Fsp3) is 0.412. The number of imidazole rings is 1. The van der Waals surface area contributed by atoms with Gasteiger partial charge in [0.2, 0.25) is 6.41 Å². The number of hydrogen-bond donors (Lipinski definition) is 0. The largest absolute Gasteiger partial charge is 0.345 e. The zero-order valence-corrected chi connectivity index (χ0v) is 12.2. The van der Waals surface area contributed by atoms with Crippen LogP contribution in [0.5, 0.6) is 0 Å². The van der Waals surface area contributed by atoms with Crippen LogP contribution < -0.4 is 0 Å². The van der Waals surface area contributed by atoms with Crippen LogP contribution in [0.1, 0.15) is 18.4 Å². The van der Waals surface area contributed by atoms with Gasteiger partial charge in [0.05, 0.1) is 6.33 Å². The molecule has 1 atom stereocenters. The van der Waals surface area contributed by atoms with Crippen molar-refractivity contribution in [3.05, 3.63) is 54.6 Å². The van der Waals surface area contributed by atoms with E-state index in [2.05, 4.69) is 33.8 Å². The fourth-order valence-electron chi connectivity index (χ4n) is 3.46. The van der Waals surface area contributed by atoms with Gasteiger partial charge in [0, 0.05) is 37.4 Å². The highest BCUT2D eigenvalue weighted by atomic mass is 16.1. The molecule has 0 N–H and O–H groups in total. The first-order chi connectivity index (χ1) is 10.3. The fourth-order valence-corrected chi connectivity index (χ4v) is 3.46. The van der Waals surface area contributed by atoms with Crippen LogP contribution in [-0.4, -0.2) is 34.0 Å². The minimum atomic E-state index is 0.0984. The number of benzene rings is 1. The first-order valence-corrected chi connectivity index (χ1v) is 7.49. The summed E-state index contributed by atoms with van der Waals surface area (Å²) in [5, 5.41) is 0. The van der Waals surface area contributed by atoms with Crippen molar-refractivity contribution in [3.8, 4) is 0 Å². The summed E-state index contributed by atoms with van der Waals surface area (Å²) in [4.78, 5) is 17.3. The Morgan fingerprint density at radius 3 is 2.86 bits per heavy atom. The monoisotopic (exact) mass is 283 g/mol. The van der Waals surface area contributed by atoms with E-state index >= 15 is 0 Å². The molecule has 1 aliphatic heterocycles. The molecule has 1 saturated heterocycles. The molecule has 1 aromatic heterocycles. The molecule has 0 spiro atoms. The summed E-state index contributed by atoms with van der Waals surface area (Å²) >= 11 is 0. The zero-order valence-electron chi connectivity index (χ0n) is 12.2. The molecule has 21 heavy (non-hydrogen) atoms. The lowest BCUT2D eigenvalue weighted by Gasteiger charge is -2.42. The van der Waals surface area contributed by atoms with Crippen LogP contribution in [0.3, 0.4) is 0 Å². The zero-order chi connectivity index (χ0) is 14.5. The molecule has 2 heterocycles. The standard InChI is InChI=1S/C17H21N3O/c21-15-20-9-4-7-17(13-20,12-19-10-8-18-14-19)11-16-5-2-1-3-6-16/h1-3,5-6,8,10,14-15H,4,7,9,11-13H2. The molecule has 0 radical (unpaired) electrons. The lowest BCUT2D eigenvalue weighted by molar-refractivity contribution is -0.121. The van der Waals surface area contributed by atoms with Gasteiger partial charge in [-0.3, -0.25) is 4.79 Å². The lowest BCUT2D eigenvalue weighted by Crippen LogP contribution is -2.46. The van der Waals surface area contributed by atoms with Gasteiger partial charge in [-0.05, 0) is 24.8 Å². The van der Waals surface area contributed by atoms with Crippen molar-refractivity contribution in [2.24, 2.45) is 5.41 Å². The second-order valence-corrected chi connectivity index (χ2v) is 6.08. The normalized spacial score (nSPS) is 22.2. The number of carbonyl (C=O) groups excluding carboxylic acids is 1. The highest BCUT2D eigenvalue weighted by Gasteiger charge is 2.35. The summed E-state index contributed by atoms with van der Waals surface area (Å²) in [6.45, 7) is 2.61. The van der Waals surface area contributed by atoms with Crippen LogP contribution in [0.2, 0.25) is 0 Å². The predicted octanol–water partition coefficient (Wildman–Crippen LogP) is 2.36. The number of piperidine rings is 1. The Labute approximate surface area is 125 Å². The van der Waals surface area contributed by atoms with E-state index in [0.717, 1.165) is 45.3 Å². The quantitative estimate of drug-likeness (QED) is 0.790. The number of aromatic nitrogens is 2. The number of carbonyl (C=O) groups is 1. The number of hydrogen-bond acceptors (Lipinski definition) is 2. The highest BCUT2D eigenvalue weighted by molar-refractivity contribution is 5.47. The van der Waals surface area contributed by atoms with Crippen LogP contribution in [0.4, 0.5) is 0 Å². The minimum absolute atomic E-state index is 0.0984. The second kappa shape index (κ2) is 6.12. The van der Waals surface area contributed by atoms with Crippen molar-refractivity contribution in [2.45, 2.75) is 25.8 Å². The van der Waals surface area contributed by atoms with Crippen molar-refractivity contribution in [2.75, 3.05) is 13.1 Å². The Morgan fingerprint density at radius 2 is 2.14 bits per heavy atom. The average Bonchev–Trinajstić information content (AvgIpc) is 3.01. The topological polar surface area (TPSA) is 38.1 Å². The van der Waals surface area contributed by atoms with Gasteiger partial charge >= 0.3 is 0 Å². The van der Waals surface area contributed by atoms with E-state index in [-0.39, 0.29) is 5.41 Å². The maximum absolute atomic E-state index is 11.2. The maximum atomic E-state index is 11.2. The summed E-state index contributed by atoms with van der Waals surface area (Å²) in [7, 11) is 0. The van der Waals surface area contributed by atoms with E-state index in [1.165, 1.54) is 5.56 Å². The van der Waals surface area contributed by atoms with E-state index < -0.39 is 0 Å². The number of nitrogens with zero attached hydrogens (tertiary/aromatic N) is 3. The third-order valence-electron chi connectivity index (χ3n) is 4.34. The summed E-state index contributed by atoms with van der Waals surface area (Å²) < 4.78 is 2.14. The molecule has 110 valence electrons. The van der Waals surface area contributed by atoms with Gasteiger partial charge in [-0.25, -0.2) is 4.98 Å². The first kappa shape index (κ1) is 13.9. The maximum Gasteiger partial charge on any atom is 0.209 e. The molecule has 1 unspecified atom stereocenters. The SMILES string of the molecule is O=CN1CCCC(Cc2ccccc2)(Cn2ccnc2)C1. The molecular formula is C17H21N3O. The van der Waals surface area contributed by atoms with Gasteiger partial charge in [-0.15, -0.1) is 0 Å². The van der Waals surface area contributed by atoms with Crippen molar-refractivity contribution >= 4 is 6.41 Å². The average molecular weight is 283 g/mol. The van der Waals surface area contributed by atoms with Crippen molar-refractivity contribution < 1.29 is 4.79 Å². The number of likely N-dealkylation sites (tertiary alicyclic amines) is 1. The Kier molecular flexibility index (Phi) is 4.04. The van der Waals surface area contributed by atoms with Crippen molar-refractivity contribution in [3.63, 3.8) is 0 Å². The molecule has 0 bridgehead atoms. The summed E-state index contributed by atoms with van der Waals surface area (Å²) in [6, 6.07) is 10.6. The van der Waals surface area contributed by atoms with E-state index in [1.54, 1.807) is 0 Å². The smallest absolute Gasteiger partial charge is 0.209 e. The minimum Gasteiger partial charge on any atom is -0.345 e. The van der Waals surface area contributed by atoms with Gasteiger partial charge in [0.1, 0.15) is 0 Å². The molecule has 1 amide bonds. The molecule has 1 fully saturated rings. The Morgan fingerprint density at radius 1 is 1.29 bits per heavy atom. The van der Waals surface area contributed by atoms with E-state index in [0.29, 0.717) is 0 Å². The third kappa shape index (κ3) is 3.32.